The quantitative estimate of drug-likeness (QED) is 0.366. The minimum absolute atomic E-state index is 0.112. The number of benzene rings is 2. The van der Waals surface area contributed by atoms with Gasteiger partial charge >= 0.3 is 6.18 Å². The molecule has 4 aromatic rings. The Kier molecular flexibility index (Phi) is 6.44. The molecule has 0 aliphatic carbocycles. The van der Waals surface area contributed by atoms with Gasteiger partial charge in [0.2, 0.25) is 17.6 Å². The Labute approximate surface area is 191 Å². The van der Waals surface area contributed by atoms with Crippen LogP contribution in [0.25, 0.3) is 17.1 Å². The standard InChI is InChI=1S/C23H19F4N5O2/c1-14-12-19(32(30-14)18-5-2-4-16(13-18)23(25,26)27)28-20(33)6-3-7-21-29-22(31-34-21)15-8-10-17(24)11-9-15/h2,4-5,8-13H,3,6-7H2,1H3,(H,28,33). The molecule has 2 heterocycles. The molecule has 34 heavy (non-hydrogen) atoms. The molecule has 176 valence electrons. The first kappa shape index (κ1) is 23.1. The first-order chi connectivity index (χ1) is 16.2. The highest BCUT2D eigenvalue weighted by Gasteiger charge is 2.30. The molecule has 0 unspecified atom stereocenters. The van der Waals surface area contributed by atoms with Crippen LogP contribution in [-0.2, 0) is 17.4 Å². The van der Waals surface area contributed by atoms with Crippen LogP contribution in [0.2, 0.25) is 0 Å². The third-order valence-corrected chi connectivity index (χ3v) is 4.88. The van der Waals surface area contributed by atoms with Gasteiger partial charge in [-0.2, -0.15) is 23.3 Å². The van der Waals surface area contributed by atoms with Gasteiger partial charge in [0.25, 0.3) is 0 Å². The van der Waals surface area contributed by atoms with Crippen LogP contribution in [0.3, 0.4) is 0 Å². The Bertz CT molecular complexity index is 1300. The van der Waals surface area contributed by atoms with E-state index in [9.17, 15) is 22.4 Å². The fraction of sp³-hybridized carbons (Fsp3) is 0.217. The van der Waals surface area contributed by atoms with E-state index in [2.05, 4.69) is 20.6 Å². The van der Waals surface area contributed by atoms with Crippen LogP contribution in [0.15, 0.2) is 59.1 Å². The molecule has 0 fully saturated rings. The second-order valence-corrected chi connectivity index (χ2v) is 7.55. The van der Waals surface area contributed by atoms with Crippen molar-refractivity contribution in [1.82, 2.24) is 19.9 Å². The minimum Gasteiger partial charge on any atom is -0.339 e. The van der Waals surface area contributed by atoms with Crippen molar-refractivity contribution in [2.75, 3.05) is 5.32 Å². The molecule has 0 saturated carbocycles. The number of halogens is 4. The van der Waals surface area contributed by atoms with Crippen molar-refractivity contribution in [3.63, 3.8) is 0 Å². The summed E-state index contributed by atoms with van der Waals surface area (Å²) in [6.45, 7) is 1.67. The number of nitrogens with zero attached hydrogens (tertiary/aromatic N) is 4. The van der Waals surface area contributed by atoms with Gasteiger partial charge in [-0.3, -0.25) is 4.79 Å². The summed E-state index contributed by atoms with van der Waals surface area (Å²) in [5.41, 5.74) is 0.506. The molecule has 0 aliphatic rings. The smallest absolute Gasteiger partial charge is 0.339 e. The molecule has 0 radical (unpaired) electrons. The molecule has 0 spiro atoms. The van der Waals surface area contributed by atoms with Gasteiger partial charge in [0.15, 0.2) is 0 Å². The second kappa shape index (κ2) is 9.46. The maximum Gasteiger partial charge on any atom is 0.416 e. The summed E-state index contributed by atoms with van der Waals surface area (Å²) < 4.78 is 58.7. The maximum atomic E-state index is 13.1. The summed E-state index contributed by atoms with van der Waals surface area (Å²) >= 11 is 0. The van der Waals surface area contributed by atoms with E-state index in [-0.39, 0.29) is 29.7 Å². The van der Waals surface area contributed by atoms with E-state index in [0.29, 0.717) is 35.8 Å². The van der Waals surface area contributed by atoms with Gasteiger partial charge in [0.05, 0.1) is 16.9 Å². The van der Waals surface area contributed by atoms with Crippen LogP contribution in [-0.4, -0.2) is 25.8 Å². The topological polar surface area (TPSA) is 85.8 Å². The molecule has 0 atom stereocenters. The highest BCUT2D eigenvalue weighted by atomic mass is 19.4. The highest BCUT2D eigenvalue weighted by Crippen LogP contribution is 2.31. The molecule has 0 aliphatic heterocycles. The van der Waals surface area contributed by atoms with Crippen molar-refractivity contribution in [2.24, 2.45) is 0 Å². The first-order valence-corrected chi connectivity index (χ1v) is 10.3. The fourth-order valence-corrected chi connectivity index (χ4v) is 3.28. The largest absolute Gasteiger partial charge is 0.416 e. The van der Waals surface area contributed by atoms with Crippen molar-refractivity contribution in [2.45, 2.75) is 32.4 Å². The normalized spacial score (nSPS) is 11.6. The van der Waals surface area contributed by atoms with E-state index in [1.54, 1.807) is 13.0 Å². The number of rotatable bonds is 7. The van der Waals surface area contributed by atoms with Gasteiger partial charge < -0.3 is 9.84 Å². The molecule has 0 saturated heterocycles. The zero-order chi connectivity index (χ0) is 24.3. The average molecular weight is 473 g/mol. The number of alkyl halides is 3. The summed E-state index contributed by atoms with van der Waals surface area (Å²) in [4.78, 5) is 16.7. The molecular weight excluding hydrogens is 454 g/mol. The number of aromatic nitrogens is 4. The summed E-state index contributed by atoms with van der Waals surface area (Å²) in [5, 5.41) is 10.7. The summed E-state index contributed by atoms with van der Waals surface area (Å²) in [6, 6.07) is 11.9. The molecule has 1 N–H and O–H groups in total. The van der Waals surface area contributed by atoms with Crippen molar-refractivity contribution in [3.8, 4) is 17.1 Å². The lowest BCUT2D eigenvalue weighted by atomic mass is 10.2. The number of carbonyl (C=O) groups excluding carboxylic acids is 1. The summed E-state index contributed by atoms with van der Waals surface area (Å²) in [5.74, 6) is 0.199. The zero-order valence-corrected chi connectivity index (χ0v) is 17.9. The lowest BCUT2D eigenvalue weighted by Gasteiger charge is -2.11. The van der Waals surface area contributed by atoms with E-state index in [4.69, 9.17) is 4.52 Å². The van der Waals surface area contributed by atoms with Gasteiger partial charge in [-0.1, -0.05) is 11.2 Å². The van der Waals surface area contributed by atoms with Gasteiger partial charge in [-0.05, 0) is 55.8 Å². The molecule has 0 bridgehead atoms. The Morgan fingerprint density at radius 3 is 2.62 bits per heavy atom. The van der Waals surface area contributed by atoms with E-state index in [1.807, 2.05) is 0 Å². The van der Waals surface area contributed by atoms with Crippen LogP contribution >= 0.6 is 0 Å². The Hall–Kier alpha value is -4.02. The van der Waals surface area contributed by atoms with Crippen LogP contribution in [0.5, 0.6) is 0 Å². The Morgan fingerprint density at radius 1 is 1.12 bits per heavy atom. The van der Waals surface area contributed by atoms with E-state index in [0.717, 1.165) is 12.1 Å². The third-order valence-electron chi connectivity index (χ3n) is 4.88. The minimum atomic E-state index is -4.49. The number of nitrogens with one attached hydrogen (secondary N) is 1. The lowest BCUT2D eigenvalue weighted by molar-refractivity contribution is -0.137. The first-order valence-electron chi connectivity index (χ1n) is 10.3. The Balaban J connectivity index is 1.37. The number of carbonyl (C=O) groups is 1. The predicted octanol–water partition coefficient (Wildman–Crippen LogP) is 5.35. The monoisotopic (exact) mass is 473 g/mol. The molecule has 7 nitrogen and oxygen atoms in total. The number of amides is 1. The SMILES string of the molecule is Cc1cc(NC(=O)CCCc2nc(-c3ccc(F)cc3)no2)n(-c2cccc(C(F)(F)F)c2)n1. The van der Waals surface area contributed by atoms with Crippen LogP contribution in [0, 0.1) is 12.7 Å². The van der Waals surface area contributed by atoms with E-state index in [1.165, 1.54) is 41.1 Å². The molecule has 2 aromatic carbocycles. The average Bonchev–Trinajstić information content (AvgIpc) is 3.40. The molecule has 2 aromatic heterocycles. The Morgan fingerprint density at radius 2 is 1.88 bits per heavy atom. The predicted molar refractivity (Wildman–Crippen MR) is 115 cm³/mol. The fourth-order valence-electron chi connectivity index (χ4n) is 3.28. The summed E-state index contributed by atoms with van der Waals surface area (Å²) in [7, 11) is 0. The molecule has 4 rings (SSSR count). The van der Waals surface area contributed by atoms with Gasteiger partial charge in [0, 0.05) is 24.5 Å². The summed E-state index contributed by atoms with van der Waals surface area (Å²) in [6.07, 6.45) is -3.64. The van der Waals surface area contributed by atoms with Crippen LogP contribution < -0.4 is 5.32 Å². The zero-order valence-electron chi connectivity index (χ0n) is 17.9. The van der Waals surface area contributed by atoms with Gasteiger partial charge in [-0.15, -0.1) is 0 Å². The second-order valence-electron chi connectivity index (χ2n) is 7.55. The lowest BCUT2D eigenvalue weighted by Crippen LogP contribution is -2.15. The van der Waals surface area contributed by atoms with Gasteiger partial charge in [-0.25, -0.2) is 9.07 Å². The number of anilines is 1. The van der Waals surface area contributed by atoms with Crippen LogP contribution in [0.4, 0.5) is 23.4 Å². The highest BCUT2D eigenvalue weighted by molar-refractivity contribution is 5.90. The number of aryl methyl sites for hydroxylation is 2. The molecule has 1 amide bonds. The van der Waals surface area contributed by atoms with Crippen molar-refractivity contribution in [3.05, 3.63) is 77.6 Å². The number of hydrogen-bond donors (Lipinski definition) is 1. The van der Waals surface area contributed by atoms with Crippen molar-refractivity contribution < 1.29 is 26.9 Å². The number of hydrogen-bond acceptors (Lipinski definition) is 5. The van der Waals surface area contributed by atoms with Crippen LogP contribution in [0.1, 0.15) is 30.0 Å². The maximum absolute atomic E-state index is 13.1. The van der Waals surface area contributed by atoms with Gasteiger partial charge in [0.1, 0.15) is 11.6 Å². The van der Waals surface area contributed by atoms with Crippen molar-refractivity contribution >= 4 is 11.7 Å². The van der Waals surface area contributed by atoms with Crippen molar-refractivity contribution in [1.29, 1.82) is 0 Å². The molecular formula is C23H19F4N5O2. The van der Waals surface area contributed by atoms with E-state index >= 15 is 0 Å². The molecule has 11 heteroatoms. The third kappa shape index (κ3) is 5.48. The van der Waals surface area contributed by atoms with E-state index < -0.39 is 11.7 Å².